The van der Waals surface area contributed by atoms with E-state index in [2.05, 4.69) is 10.3 Å². The van der Waals surface area contributed by atoms with E-state index >= 15 is 0 Å². The van der Waals surface area contributed by atoms with E-state index in [9.17, 15) is 9.59 Å². The average Bonchev–Trinajstić information content (AvgIpc) is 3.04. The zero-order valence-corrected chi connectivity index (χ0v) is 15.8. The molecule has 1 aliphatic rings. The summed E-state index contributed by atoms with van der Waals surface area (Å²) < 4.78 is 7.24. The predicted molar refractivity (Wildman–Crippen MR) is 106 cm³/mol. The molecule has 0 aliphatic carbocycles. The highest BCUT2D eigenvalue weighted by Gasteiger charge is 2.29. The van der Waals surface area contributed by atoms with E-state index in [4.69, 9.17) is 9.84 Å². The molecule has 1 amide bonds. The normalized spacial score (nSPS) is 16.0. The van der Waals surface area contributed by atoms with E-state index in [1.54, 1.807) is 37.7 Å². The smallest absolute Gasteiger partial charge is 0.335 e. The number of carbonyl (C=O) groups is 2. The Labute approximate surface area is 165 Å². The molecule has 7 nitrogen and oxygen atoms in total. The highest BCUT2D eigenvalue weighted by atomic mass is 32.2. The van der Waals surface area contributed by atoms with Crippen molar-refractivity contribution in [3.8, 4) is 11.4 Å². The van der Waals surface area contributed by atoms with Gasteiger partial charge < -0.3 is 15.2 Å². The van der Waals surface area contributed by atoms with Crippen molar-refractivity contribution in [3.05, 3.63) is 71.7 Å². The number of fused-ring (bicyclic) bond motifs is 1. The maximum Gasteiger partial charge on any atom is 0.335 e. The molecule has 0 saturated heterocycles. The van der Waals surface area contributed by atoms with Crippen LogP contribution in [0.4, 0.5) is 5.82 Å². The van der Waals surface area contributed by atoms with Crippen LogP contribution in [-0.4, -0.2) is 39.4 Å². The number of nitrogens with zero attached hydrogens (tertiary/aromatic N) is 2. The number of carboxylic acids is 1. The third kappa shape index (κ3) is 3.34. The third-order valence-electron chi connectivity index (χ3n) is 4.48. The number of carbonyl (C=O) groups excluding carboxylic acids is 1. The number of carboxylic acid groups (broad SMARTS) is 1. The monoisotopic (exact) mass is 395 g/mol. The molecule has 0 fully saturated rings. The first kappa shape index (κ1) is 18.1. The van der Waals surface area contributed by atoms with Crippen molar-refractivity contribution in [1.82, 2.24) is 9.55 Å². The van der Waals surface area contributed by atoms with E-state index in [1.165, 1.54) is 11.8 Å². The van der Waals surface area contributed by atoms with Crippen LogP contribution in [0.5, 0.6) is 5.75 Å². The molecule has 0 saturated carbocycles. The molecule has 2 heterocycles. The van der Waals surface area contributed by atoms with E-state index in [0.717, 1.165) is 16.9 Å². The molecule has 142 valence electrons. The summed E-state index contributed by atoms with van der Waals surface area (Å²) in [5.74, 6) is 0.406. The highest BCUT2D eigenvalue weighted by Crippen LogP contribution is 2.42. The van der Waals surface area contributed by atoms with Gasteiger partial charge in [0.25, 0.3) is 0 Å². The third-order valence-corrected chi connectivity index (χ3v) is 5.74. The molecule has 0 spiro atoms. The van der Waals surface area contributed by atoms with Crippen molar-refractivity contribution in [3.63, 3.8) is 0 Å². The van der Waals surface area contributed by atoms with Crippen molar-refractivity contribution in [2.24, 2.45) is 0 Å². The van der Waals surface area contributed by atoms with Crippen LogP contribution in [0.1, 0.15) is 26.9 Å². The fourth-order valence-corrected chi connectivity index (χ4v) is 4.25. The second-order valence-electron chi connectivity index (χ2n) is 6.22. The molecule has 1 unspecified atom stereocenters. The number of amides is 1. The molecule has 4 rings (SSSR count). The highest BCUT2D eigenvalue weighted by molar-refractivity contribution is 8.00. The first-order valence-corrected chi connectivity index (χ1v) is 9.58. The second-order valence-corrected chi connectivity index (χ2v) is 7.31. The molecule has 0 radical (unpaired) electrons. The molecule has 1 atom stereocenters. The Bertz CT molecular complexity index is 1050. The summed E-state index contributed by atoms with van der Waals surface area (Å²) in [5, 5.41) is 11.8. The molecule has 2 N–H and O–H groups in total. The number of aromatic nitrogens is 2. The van der Waals surface area contributed by atoms with Crippen molar-refractivity contribution in [1.29, 1.82) is 0 Å². The van der Waals surface area contributed by atoms with Gasteiger partial charge in [-0.05, 0) is 29.8 Å². The lowest BCUT2D eigenvalue weighted by Gasteiger charge is -2.18. The minimum absolute atomic E-state index is 0.119. The Morgan fingerprint density at radius 3 is 2.79 bits per heavy atom. The number of thioether (sulfide) groups is 1. The molecular weight excluding hydrogens is 378 g/mol. The fraction of sp³-hybridized carbons (Fsp3) is 0.150. The lowest BCUT2D eigenvalue weighted by molar-refractivity contribution is -0.113. The lowest BCUT2D eigenvalue weighted by atomic mass is 10.1. The van der Waals surface area contributed by atoms with Gasteiger partial charge in [0.15, 0.2) is 5.82 Å². The summed E-state index contributed by atoms with van der Waals surface area (Å²) in [5.41, 5.74) is 2.81. The molecular formula is C20H17N3O4S. The van der Waals surface area contributed by atoms with Gasteiger partial charge in [-0.2, -0.15) is 0 Å². The van der Waals surface area contributed by atoms with Crippen LogP contribution in [0.25, 0.3) is 5.69 Å². The number of hydrogen-bond acceptors (Lipinski definition) is 5. The van der Waals surface area contributed by atoms with Crippen LogP contribution in [-0.2, 0) is 4.79 Å². The van der Waals surface area contributed by atoms with Crippen LogP contribution in [0.15, 0.2) is 54.9 Å². The van der Waals surface area contributed by atoms with Gasteiger partial charge in [0, 0.05) is 6.07 Å². The molecule has 2 aromatic carbocycles. The maximum atomic E-state index is 12.1. The SMILES string of the molecule is COc1cccc(-n2cnc3c2C(c2ccc(C(=O)O)cc2)SCC(=O)N3)c1. The largest absolute Gasteiger partial charge is 0.497 e. The quantitative estimate of drug-likeness (QED) is 0.704. The Morgan fingerprint density at radius 2 is 2.07 bits per heavy atom. The maximum absolute atomic E-state index is 12.1. The number of imidazole rings is 1. The minimum Gasteiger partial charge on any atom is -0.497 e. The minimum atomic E-state index is -0.973. The van der Waals surface area contributed by atoms with Crippen LogP contribution in [0, 0.1) is 0 Å². The van der Waals surface area contributed by atoms with Gasteiger partial charge in [-0.1, -0.05) is 18.2 Å². The number of benzene rings is 2. The van der Waals surface area contributed by atoms with Crippen LogP contribution >= 0.6 is 11.8 Å². The number of nitrogens with one attached hydrogen (secondary N) is 1. The lowest BCUT2D eigenvalue weighted by Crippen LogP contribution is -2.12. The molecule has 28 heavy (non-hydrogen) atoms. The Kier molecular flexibility index (Phi) is 4.79. The number of aromatic carboxylic acids is 1. The van der Waals surface area contributed by atoms with Gasteiger partial charge in [-0.15, -0.1) is 11.8 Å². The van der Waals surface area contributed by atoms with Crippen molar-refractivity contribution < 1.29 is 19.4 Å². The fourth-order valence-electron chi connectivity index (χ4n) is 3.13. The van der Waals surface area contributed by atoms with E-state index in [1.807, 2.05) is 28.8 Å². The zero-order chi connectivity index (χ0) is 19.7. The number of hydrogen-bond donors (Lipinski definition) is 2. The molecule has 0 bridgehead atoms. The van der Waals surface area contributed by atoms with Crippen molar-refractivity contribution >= 4 is 29.5 Å². The Morgan fingerprint density at radius 1 is 1.29 bits per heavy atom. The van der Waals surface area contributed by atoms with Gasteiger partial charge in [-0.3, -0.25) is 9.36 Å². The Hall–Kier alpha value is -3.26. The van der Waals surface area contributed by atoms with Crippen LogP contribution in [0.2, 0.25) is 0 Å². The summed E-state index contributed by atoms with van der Waals surface area (Å²) in [7, 11) is 1.61. The molecule has 1 aliphatic heterocycles. The summed E-state index contributed by atoms with van der Waals surface area (Å²) in [6.45, 7) is 0. The molecule has 8 heteroatoms. The zero-order valence-electron chi connectivity index (χ0n) is 15.0. The van der Waals surface area contributed by atoms with E-state index < -0.39 is 5.97 Å². The van der Waals surface area contributed by atoms with E-state index in [0.29, 0.717) is 11.6 Å². The van der Waals surface area contributed by atoms with Crippen molar-refractivity contribution in [2.75, 3.05) is 18.2 Å². The van der Waals surface area contributed by atoms with Gasteiger partial charge in [-0.25, -0.2) is 9.78 Å². The number of anilines is 1. The second kappa shape index (κ2) is 7.40. The number of ether oxygens (including phenoxy) is 1. The Balaban J connectivity index is 1.83. The summed E-state index contributed by atoms with van der Waals surface area (Å²) in [6.07, 6.45) is 1.67. The molecule has 1 aromatic heterocycles. The van der Waals surface area contributed by atoms with Gasteiger partial charge in [0.2, 0.25) is 5.91 Å². The molecule has 3 aromatic rings. The first-order chi connectivity index (χ1) is 13.6. The number of rotatable bonds is 4. The first-order valence-electron chi connectivity index (χ1n) is 8.53. The predicted octanol–water partition coefficient (Wildman–Crippen LogP) is 3.35. The summed E-state index contributed by atoms with van der Waals surface area (Å²) in [6, 6.07) is 14.3. The van der Waals surface area contributed by atoms with Crippen LogP contribution in [0.3, 0.4) is 0 Å². The van der Waals surface area contributed by atoms with Gasteiger partial charge >= 0.3 is 5.97 Å². The summed E-state index contributed by atoms with van der Waals surface area (Å²) >= 11 is 1.47. The van der Waals surface area contributed by atoms with Crippen LogP contribution < -0.4 is 10.1 Å². The van der Waals surface area contributed by atoms with E-state index in [-0.39, 0.29) is 22.5 Å². The van der Waals surface area contributed by atoms with Crippen molar-refractivity contribution in [2.45, 2.75) is 5.25 Å². The number of methoxy groups -OCH3 is 1. The summed E-state index contributed by atoms with van der Waals surface area (Å²) in [4.78, 5) is 27.7. The standard InChI is InChI=1S/C20H17N3O4S/c1-27-15-4-2-3-14(9-15)23-11-21-19-17(23)18(28-10-16(24)22-19)12-5-7-13(8-6-12)20(25)26/h2-9,11,18H,10H2,1H3,(H,22,24)(H,25,26). The van der Waals surface area contributed by atoms with Gasteiger partial charge in [0.05, 0.1) is 35.1 Å². The van der Waals surface area contributed by atoms with Gasteiger partial charge in [0.1, 0.15) is 12.1 Å². The topological polar surface area (TPSA) is 93.5 Å². The average molecular weight is 395 g/mol.